The Bertz CT molecular complexity index is 488. The van der Waals surface area contributed by atoms with Crippen LogP contribution in [0.2, 0.25) is 0 Å². The number of hydrogen-bond donors (Lipinski definition) is 0. The van der Waals surface area contributed by atoms with E-state index in [9.17, 15) is 9.59 Å². The lowest BCUT2D eigenvalue weighted by Gasteiger charge is -2.05. The van der Waals surface area contributed by atoms with Gasteiger partial charge in [-0.15, -0.1) is 0 Å². The predicted octanol–water partition coefficient (Wildman–Crippen LogP) is 8.05. The molecule has 30 heavy (non-hydrogen) atoms. The molecule has 0 saturated heterocycles. The smallest absolute Gasteiger partial charge is 0.306 e. The average molecular weight is 419 g/mol. The Morgan fingerprint density at radius 2 is 1.20 bits per heavy atom. The van der Waals surface area contributed by atoms with Crippen molar-refractivity contribution in [2.24, 2.45) is 0 Å². The van der Waals surface area contributed by atoms with Crippen LogP contribution in [0.25, 0.3) is 0 Å². The van der Waals surface area contributed by atoms with Gasteiger partial charge in [-0.05, 0) is 32.1 Å². The minimum atomic E-state index is -0.229. The number of Topliss-reactive ketones (excluding diaryl/α,β-unsaturated/α-hetero) is 1. The summed E-state index contributed by atoms with van der Waals surface area (Å²) in [5, 5.41) is 0. The lowest BCUT2D eigenvalue weighted by molar-refractivity contribution is -0.145. The van der Waals surface area contributed by atoms with Crippen molar-refractivity contribution in [2.45, 2.75) is 117 Å². The van der Waals surface area contributed by atoms with Crippen LogP contribution in [0.4, 0.5) is 0 Å². The van der Waals surface area contributed by atoms with E-state index in [1.165, 1.54) is 44.9 Å². The van der Waals surface area contributed by atoms with Gasteiger partial charge in [-0.25, -0.2) is 0 Å². The van der Waals surface area contributed by atoms with Crippen molar-refractivity contribution < 1.29 is 14.3 Å². The molecule has 0 unspecified atom stereocenters. The van der Waals surface area contributed by atoms with E-state index < -0.39 is 0 Å². The molecule has 0 N–H and O–H groups in total. The van der Waals surface area contributed by atoms with Crippen molar-refractivity contribution in [3.05, 3.63) is 36.5 Å². The Morgan fingerprint density at radius 1 is 0.600 bits per heavy atom. The zero-order valence-corrected chi connectivity index (χ0v) is 19.7. The van der Waals surface area contributed by atoms with E-state index in [1.54, 1.807) is 0 Å². The quantitative estimate of drug-likeness (QED) is 0.108. The molecule has 0 aromatic rings. The van der Waals surface area contributed by atoms with Gasteiger partial charge in [0.1, 0.15) is 5.78 Å². The summed E-state index contributed by atoms with van der Waals surface area (Å²) in [7, 11) is 0. The van der Waals surface area contributed by atoms with E-state index in [-0.39, 0.29) is 18.2 Å². The third kappa shape index (κ3) is 22.6. The second kappa shape index (κ2) is 23.6. The molecule has 0 fully saturated rings. The van der Waals surface area contributed by atoms with Gasteiger partial charge in [0.05, 0.1) is 13.0 Å². The fourth-order valence-corrected chi connectivity index (χ4v) is 3.07. The summed E-state index contributed by atoms with van der Waals surface area (Å²) in [4.78, 5) is 23.6. The summed E-state index contributed by atoms with van der Waals surface area (Å²) in [6.45, 7) is 4.92. The third-order valence-electron chi connectivity index (χ3n) is 5.03. The molecule has 0 heterocycles. The van der Waals surface area contributed by atoms with Crippen molar-refractivity contribution in [1.82, 2.24) is 0 Å². The highest BCUT2D eigenvalue weighted by molar-refractivity contribution is 5.82. The number of ether oxygens (including phenoxy) is 1. The molecule has 0 aliphatic carbocycles. The van der Waals surface area contributed by atoms with Crippen molar-refractivity contribution in [1.29, 1.82) is 0 Å². The molecular weight excluding hydrogens is 372 g/mol. The number of carbonyl (C=O) groups is 2. The highest BCUT2D eigenvalue weighted by Gasteiger charge is 2.07. The van der Waals surface area contributed by atoms with Crippen LogP contribution >= 0.6 is 0 Å². The van der Waals surface area contributed by atoms with Crippen LogP contribution in [0.1, 0.15) is 117 Å². The Hall–Kier alpha value is -1.64. The van der Waals surface area contributed by atoms with Gasteiger partial charge in [-0.2, -0.15) is 0 Å². The summed E-state index contributed by atoms with van der Waals surface area (Å²) in [5.74, 6) is -0.0586. The Balaban J connectivity index is 3.49. The number of unbranched alkanes of at least 4 members (excludes halogenated alkanes) is 10. The lowest BCUT2D eigenvalue weighted by atomic mass is 10.1. The minimum absolute atomic E-state index is 0.170. The van der Waals surface area contributed by atoms with E-state index in [1.807, 2.05) is 6.08 Å². The van der Waals surface area contributed by atoms with Gasteiger partial charge in [-0.1, -0.05) is 102 Å². The van der Waals surface area contributed by atoms with Crippen LogP contribution in [0, 0.1) is 0 Å². The number of hydrogen-bond acceptors (Lipinski definition) is 3. The second-order valence-corrected chi connectivity index (χ2v) is 8.01. The maximum atomic E-state index is 11.9. The van der Waals surface area contributed by atoms with Crippen molar-refractivity contribution in [3.63, 3.8) is 0 Å². The largest absolute Gasteiger partial charge is 0.466 e. The van der Waals surface area contributed by atoms with E-state index in [0.717, 1.165) is 38.5 Å². The molecule has 0 spiro atoms. The normalized spacial score (nSPS) is 11.8. The summed E-state index contributed by atoms with van der Waals surface area (Å²) in [5.41, 5.74) is 0. The number of allylic oxidation sites excluding steroid dienone is 6. The first-order chi connectivity index (χ1) is 14.7. The van der Waals surface area contributed by atoms with Crippen molar-refractivity contribution >= 4 is 11.8 Å². The molecule has 0 aromatic heterocycles. The predicted molar refractivity (Wildman–Crippen MR) is 129 cm³/mol. The summed E-state index contributed by atoms with van der Waals surface area (Å²) < 4.78 is 5.23. The fraction of sp³-hybridized carbons (Fsp3) is 0.704. The Morgan fingerprint density at radius 3 is 1.87 bits per heavy atom. The van der Waals surface area contributed by atoms with Crippen molar-refractivity contribution in [3.8, 4) is 0 Å². The second-order valence-electron chi connectivity index (χ2n) is 8.01. The summed E-state index contributed by atoms with van der Waals surface area (Å²) in [6.07, 6.45) is 28.7. The van der Waals surface area contributed by atoms with Gasteiger partial charge in [0.25, 0.3) is 0 Å². The van der Waals surface area contributed by atoms with Gasteiger partial charge in [0, 0.05) is 12.8 Å². The van der Waals surface area contributed by atoms with Crippen LogP contribution < -0.4 is 0 Å². The number of carbonyl (C=O) groups excluding carboxylic acids is 2. The molecule has 0 atom stereocenters. The molecule has 172 valence electrons. The molecule has 0 bridgehead atoms. The summed E-state index contributed by atoms with van der Waals surface area (Å²) >= 11 is 0. The van der Waals surface area contributed by atoms with E-state index in [0.29, 0.717) is 19.4 Å². The fourth-order valence-electron chi connectivity index (χ4n) is 3.07. The third-order valence-corrected chi connectivity index (χ3v) is 5.03. The molecule has 3 heteroatoms. The van der Waals surface area contributed by atoms with E-state index in [2.05, 4.69) is 44.2 Å². The molecule has 3 nitrogen and oxygen atoms in total. The highest BCUT2D eigenvalue weighted by Crippen LogP contribution is 2.08. The van der Waals surface area contributed by atoms with Crippen LogP contribution in [-0.2, 0) is 14.3 Å². The van der Waals surface area contributed by atoms with E-state index >= 15 is 0 Å². The standard InChI is InChI=1S/C27H46O3/c1-3-5-7-9-11-12-13-14-15-16-18-20-22-26(28)23-24-27(29)30-25-21-19-17-10-8-6-4-2/h9,11-15H,3-8,10,16-25H2,1-2H3. The van der Waals surface area contributed by atoms with Gasteiger partial charge in [0.2, 0.25) is 0 Å². The molecular formula is C27H46O3. The van der Waals surface area contributed by atoms with Gasteiger partial charge in [-0.3, -0.25) is 9.59 Å². The topological polar surface area (TPSA) is 43.4 Å². The van der Waals surface area contributed by atoms with Gasteiger partial charge in [0.15, 0.2) is 0 Å². The molecule has 0 amide bonds. The first-order valence-electron chi connectivity index (χ1n) is 12.4. The SMILES string of the molecule is CCCCC=CC=CC=CCCCCC(=O)CCC(=O)OCCCCCCCCC. The maximum Gasteiger partial charge on any atom is 0.306 e. The molecule has 0 rings (SSSR count). The zero-order chi connectivity index (χ0) is 22.1. The lowest BCUT2D eigenvalue weighted by Crippen LogP contribution is -2.09. The number of esters is 1. The number of ketones is 1. The van der Waals surface area contributed by atoms with Crippen molar-refractivity contribution in [2.75, 3.05) is 6.61 Å². The number of rotatable bonds is 21. The highest BCUT2D eigenvalue weighted by atomic mass is 16.5. The summed E-state index contributed by atoms with van der Waals surface area (Å²) in [6, 6.07) is 0. The molecule has 0 radical (unpaired) electrons. The van der Waals surface area contributed by atoms with Gasteiger partial charge < -0.3 is 4.74 Å². The first kappa shape index (κ1) is 28.4. The Kier molecular flexibility index (Phi) is 22.3. The molecule has 0 aliphatic rings. The monoisotopic (exact) mass is 418 g/mol. The van der Waals surface area contributed by atoms with Crippen LogP contribution in [0.5, 0.6) is 0 Å². The van der Waals surface area contributed by atoms with Crippen LogP contribution in [0.15, 0.2) is 36.5 Å². The average Bonchev–Trinajstić information content (AvgIpc) is 2.75. The molecule has 0 aromatic carbocycles. The van der Waals surface area contributed by atoms with Crippen LogP contribution in [-0.4, -0.2) is 18.4 Å². The molecule has 0 saturated carbocycles. The molecule has 0 aliphatic heterocycles. The zero-order valence-electron chi connectivity index (χ0n) is 19.7. The Labute approximate surface area is 186 Å². The van der Waals surface area contributed by atoms with E-state index in [4.69, 9.17) is 4.74 Å². The minimum Gasteiger partial charge on any atom is -0.466 e. The maximum absolute atomic E-state index is 11.9. The first-order valence-corrected chi connectivity index (χ1v) is 12.4. The van der Waals surface area contributed by atoms with Gasteiger partial charge >= 0.3 is 5.97 Å². The van der Waals surface area contributed by atoms with Crippen LogP contribution in [0.3, 0.4) is 0 Å².